The van der Waals surface area contributed by atoms with E-state index in [4.69, 9.17) is 17.4 Å². The fraction of sp³-hybridized carbons (Fsp3) is 0.348. The average Bonchev–Trinajstić information content (AvgIpc) is 2.88. The minimum atomic E-state index is -1.18. The van der Waals surface area contributed by atoms with Crippen LogP contribution in [0.15, 0.2) is 35.2 Å². The molecule has 0 saturated heterocycles. The Morgan fingerprint density at radius 3 is 2.56 bits per heavy atom. The van der Waals surface area contributed by atoms with Crippen molar-refractivity contribution in [1.82, 2.24) is 10.7 Å². The molecular formula is C23H26ClFN4O4S. The minimum Gasteiger partial charge on any atom is -0.465 e. The zero-order valence-corrected chi connectivity index (χ0v) is 20.5. The fourth-order valence-corrected chi connectivity index (χ4v) is 5.40. The quantitative estimate of drug-likeness (QED) is 0.265. The molecular weight excluding hydrogens is 483 g/mol. The summed E-state index contributed by atoms with van der Waals surface area (Å²) in [7, 11) is 0. The Morgan fingerprint density at radius 2 is 1.97 bits per heavy atom. The van der Waals surface area contributed by atoms with Crippen molar-refractivity contribution in [3.63, 3.8) is 0 Å². The number of thioether (sulfide) groups is 1. The topological polar surface area (TPSA) is 125 Å². The third-order valence-electron chi connectivity index (χ3n) is 5.59. The monoisotopic (exact) mass is 508 g/mol. The first-order chi connectivity index (χ1) is 15.9. The fourth-order valence-electron chi connectivity index (χ4n) is 4.02. The SMILES string of the molecule is Cc1c(F)c(C(=O)NN)cc2c1SC[C@H](CC(C)(C)NC(=O)O)C(=O)N2Cc1ccc(Cl)cc1. The number of carbonyl (C=O) groups excluding carboxylic acids is 2. The summed E-state index contributed by atoms with van der Waals surface area (Å²) in [6.07, 6.45) is -0.955. The lowest BCUT2D eigenvalue weighted by Gasteiger charge is -2.31. The minimum absolute atomic E-state index is 0.154. The van der Waals surface area contributed by atoms with Crippen LogP contribution in [0, 0.1) is 18.7 Å². The second-order valence-corrected chi connectivity index (χ2v) is 10.2. The molecule has 3 amide bonds. The van der Waals surface area contributed by atoms with Crippen molar-refractivity contribution < 1.29 is 23.9 Å². The molecule has 34 heavy (non-hydrogen) atoms. The van der Waals surface area contributed by atoms with Gasteiger partial charge in [0.25, 0.3) is 5.91 Å². The summed E-state index contributed by atoms with van der Waals surface area (Å²) < 4.78 is 15.0. The number of fused-ring (bicyclic) bond motifs is 1. The summed E-state index contributed by atoms with van der Waals surface area (Å²) in [6.45, 7) is 5.11. The Morgan fingerprint density at radius 1 is 1.32 bits per heavy atom. The molecule has 2 aromatic rings. The van der Waals surface area contributed by atoms with Gasteiger partial charge in [-0.1, -0.05) is 23.7 Å². The van der Waals surface area contributed by atoms with E-state index >= 15 is 4.39 Å². The molecule has 1 atom stereocenters. The molecule has 11 heteroatoms. The van der Waals surface area contributed by atoms with Gasteiger partial charge < -0.3 is 15.3 Å². The first-order valence-electron chi connectivity index (χ1n) is 10.5. The first kappa shape index (κ1) is 25.8. The van der Waals surface area contributed by atoms with Crippen molar-refractivity contribution in [2.45, 2.75) is 44.2 Å². The standard InChI is InChI=1S/C23H26ClFN4O4S/c1-12-18(25)16(20(30)28-26)8-17-19(12)34-11-14(9-23(2,3)27-22(32)33)21(31)29(17)10-13-4-6-15(24)7-5-13/h4-8,14,27H,9-11,26H2,1-3H3,(H,28,30)(H,32,33)/t14-/m0/s1. The number of nitrogens with two attached hydrogens (primary N) is 1. The molecule has 0 unspecified atom stereocenters. The molecule has 0 aromatic heterocycles. The number of hydrogen-bond acceptors (Lipinski definition) is 5. The van der Waals surface area contributed by atoms with Gasteiger partial charge in [0, 0.05) is 26.8 Å². The van der Waals surface area contributed by atoms with Gasteiger partial charge in [0.2, 0.25) is 5.91 Å². The highest BCUT2D eigenvalue weighted by Gasteiger charge is 2.37. The number of nitrogen functional groups attached to an aromatic ring is 1. The van der Waals surface area contributed by atoms with Crippen LogP contribution in [0.5, 0.6) is 0 Å². The van der Waals surface area contributed by atoms with E-state index in [1.54, 1.807) is 45.0 Å². The van der Waals surface area contributed by atoms with E-state index < -0.39 is 29.3 Å². The Balaban J connectivity index is 2.10. The van der Waals surface area contributed by atoms with E-state index in [-0.39, 0.29) is 30.0 Å². The lowest BCUT2D eigenvalue weighted by Crippen LogP contribution is -2.47. The van der Waals surface area contributed by atoms with Crippen LogP contribution < -0.4 is 21.5 Å². The van der Waals surface area contributed by atoms with Crippen molar-refractivity contribution >= 4 is 47.0 Å². The van der Waals surface area contributed by atoms with Crippen molar-refractivity contribution in [2.75, 3.05) is 10.7 Å². The maximum atomic E-state index is 15.0. The third-order valence-corrected chi connectivity index (χ3v) is 7.21. The number of rotatable bonds is 6. The summed E-state index contributed by atoms with van der Waals surface area (Å²) in [6, 6.07) is 8.30. The average molecular weight is 509 g/mol. The van der Waals surface area contributed by atoms with Gasteiger partial charge in [0.15, 0.2) is 0 Å². The van der Waals surface area contributed by atoms with Gasteiger partial charge in [-0.25, -0.2) is 15.0 Å². The Hall–Kier alpha value is -2.82. The highest BCUT2D eigenvalue weighted by Crippen LogP contribution is 2.42. The lowest BCUT2D eigenvalue weighted by atomic mass is 9.90. The summed E-state index contributed by atoms with van der Waals surface area (Å²) in [5.41, 5.74) is 2.22. The van der Waals surface area contributed by atoms with E-state index in [1.165, 1.54) is 22.7 Å². The first-order valence-corrected chi connectivity index (χ1v) is 11.8. The van der Waals surface area contributed by atoms with Gasteiger partial charge in [-0.2, -0.15) is 0 Å². The molecule has 2 aromatic carbocycles. The maximum Gasteiger partial charge on any atom is 0.405 e. The summed E-state index contributed by atoms with van der Waals surface area (Å²) in [5, 5.41) is 12.2. The van der Waals surface area contributed by atoms with Crippen LogP contribution in [0.4, 0.5) is 14.9 Å². The molecule has 0 fully saturated rings. The molecule has 0 spiro atoms. The van der Waals surface area contributed by atoms with Crippen molar-refractivity contribution in [1.29, 1.82) is 0 Å². The zero-order chi connectivity index (χ0) is 25.2. The van der Waals surface area contributed by atoms with Crippen LogP contribution in [-0.4, -0.2) is 34.3 Å². The number of nitrogens with zero attached hydrogens (tertiary/aromatic N) is 1. The second-order valence-electron chi connectivity index (χ2n) is 8.76. The Bertz CT molecular complexity index is 1130. The molecule has 0 aliphatic carbocycles. The molecule has 1 heterocycles. The van der Waals surface area contributed by atoms with E-state index in [2.05, 4.69) is 5.32 Å². The molecule has 1 aliphatic heterocycles. The Labute approximate surface area is 206 Å². The number of carboxylic acid groups (broad SMARTS) is 1. The third kappa shape index (κ3) is 5.63. The summed E-state index contributed by atoms with van der Waals surface area (Å²) in [5.74, 6) is 3.22. The van der Waals surface area contributed by atoms with Gasteiger partial charge in [0.1, 0.15) is 5.82 Å². The van der Waals surface area contributed by atoms with Crippen LogP contribution >= 0.6 is 23.4 Å². The van der Waals surface area contributed by atoms with Crippen molar-refractivity contribution in [2.24, 2.45) is 11.8 Å². The number of carbonyl (C=O) groups is 3. The molecule has 1 aliphatic rings. The van der Waals surface area contributed by atoms with Crippen LogP contribution in [-0.2, 0) is 11.3 Å². The molecule has 3 rings (SSSR count). The predicted octanol–water partition coefficient (Wildman–Crippen LogP) is 4.08. The summed E-state index contributed by atoms with van der Waals surface area (Å²) >= 11 is 7.31. The number of anilines is 1. The zero-order valence-electron chi connectivity index (χ0n) is 18.9. The maximum absolute atomic E-state index is 15.0. The van der Waals surface area contributed by atoms with E-state index in [0.29, 0.717) is 21.4 Å². The number of benzene rings is 2. The largest absolute Gasteiger partial charge is 0.465 e. The number of hydrazine groups is 1. The van der Waals surface area contributed by atoms with Crippen LogP contribution in [0.25, 0.3) is 0 Å². The normalized spacial score (nSPS) is 16.0. The van der Waals surface area contributed by atoms with Crippen LogP contribution in [0.3, 0.4) is 0 Å². The number of amides is 3. The highest BCUT2D eigenvalue weighted by atomic mass is 35.5. The molecule has 5 N–H and O–H groups in total. The van der Waals surface area contributed by atoms with Gasteiger partial charge >= 0.3 is 6.09 Å². The van der Waals surface area contributed by atoms with Gasteiger partial charge in [0.05, 0.1) is 23.7 Å². The Kier molecular flexibility index (Phi) is 7.74. The van der Waals surface area contributed by atoms with E-state index in [0.717, 1.165) is 5.56 Å². The smallest absolute Gasteiger partial charge is 0.405 e. The summed E-state index contributed by atoms with van der Waals surface area (Å²) in [4.78, 5) is 39.3. The van der Waals surface area contributed by atoms with Crippen LogP contribution in [0.1, 0.15) is 41.8 Å². The van der Waals surface area contributed by atoms with Gasteiger partial charge in [-0.3, -0.25) is 15.0 Å². The van der Waals surface area contributed by atoms with Crippen molar-refractivity contribution in [3.05, 3.63) is 57.9 Å². The lowest BCUT2D eigenvalue weighted by molar-refractivity contribution is -0.122. The van der Waals surface area contributed by atoms with E-state index in [1.807, 2.05) is 5.43 Å². The van der Waals surface area contributed by atoms with Crippen molar-refractivity contribution in [3.8, 4) is 0 Å². The van der Waals surface area contributed by atoms with E-state index in [9.17, 15) is 19.5 Å². The molecule has 182 valence electrons. The van der Waals surface area contributed by atoms with Gasteiger partial charge in [-0.15, -0.1) is 11.8 Å². The molecule has 0 saturated carbocycles. The second kappa shape index (κ2) is 10.2. The number of hydrogen-bond donors (Lipinski definition) is 4. The molecule has 0 bridgehead atoms. The van der Waals surface area contributed by atoms with Gasteiger partial charge in [-0.05, 0) is 51.0 Å². The molecule has 8 nitrogen and oxygen atoms in total. The number of nitrogens with one attached hydrogen (secondary N) is 2. The van der Waals surface area contributed by atoms with Crippen LogP contribution in [0.2, 0.25) is 5.02 Å². The number of halogens is 2. The molecule has 0 radical (unpaired) electrons. The highest BCUT2D eigenvalue weighted by molar-refractivity contribution is 7.99. The predicted molar refractivity (Wildman–Crippen MR) is 130 cm³/mol.